The minimum atomic E-state index is -0.565. The third-order valence-corrected chi connectivity index (χ3v) is 2.05. The molecular weight excluding hydrogens is 230 g/mol. The van der Waals surface area contributed by atoms with Crippen molar-refractivity contribution in [1.82, 2.24) is 5.43 Å². The Morgan fingerprint density at radius 2 is 2.12 bits per heavy atom. The van der Waals surface area contributed by atoms with Gasteiger partial charge in [-0.15, -0.1) is 0 Å². The van der Waals surface area contributed by atoms with Gasteiger partial charge in [-0.1, -0.05) is 0 Å². The molecule has 0 aromatic heterocycles. The highest BCUT2D eigenvalue weighted by Gasteiger charge is 2.22. The lowest BCUT2D eigenvalue weighted by molar-refractivity contribution is -0.385. The summed E-state index contributed by atoms with van der Waals surface area (Å²) in [6, 6.07) is 2.68. The van der Waals surface area contributed by atoms with Gasteiger partial charge < -0.3 is 9.47 Å². The third kappa shape index (κ3) is 2.14. The normalized spacial score (nSPS) is 12.7. The number of amides is 1. The number of carbonyl (C=O) groups is 1. The Hall–Kier alpha value is -2.64. The summed E-state index contributed by atoms with van der Waals surface area (Å²) in [6.45, 7) is 0.0275. The van der Waals surface area contributed by atoms with Crippen LogP contribution in [0.15, 0.2) is 17.2 Å². The number of ether oxygens (including phenoxy) is 2. The fraction of sp³-hybridized carbons (Fsp3) is 0.111. The first-order valence-electron chi connectivity index (χ1n) is 4.52. The fourth-order valence-electron chi connectivity index (χ4n) is 1.35. The molecule has 1 aromatic carbocycles. The van der Waals surface area contributed by atoms with E-state index in [1.165, 1.54) is 12.1 Å². The Balaban J connectivity index is 2.41. The van der Waals surface area contributed by atoms with Crippen molar-refractivity contribution < 1.29 is 19.2 Å². The Morgan fingerprint density at radius 1 is 1.41 bits per heavy atom. The molecule has 1 aliphatic rings. The Morgan fingerprint density at radius 3 is 2.76 bits per heavy atom. The van der Waals surface area contributed by atoms with Crippen LogP contribution in [-0.4, -0.2) is 24.3 Å². The van der Waals surface area contributed by atoms with Gasteiger partial charge in [0.05, 0.1) is 22.8 Å². The van der Waals surface area contributed by atoms with Crippen LogP contribution in [0.5, 0.6) is 11.5 Å². The lowest BCUT2D eigenvalue weighted by Gasteiger charge is -1.99. The highest BCUT2D eigenvalue weighted by molar-refractivity contribution is 5.87. The molecule has 0 radical (unpaired) electrons. The maximum atomic E-state index is 10.8. The van der Waals surface area contributed by atoms with E-state index >= 15 is 0 Å². The summed E-state index contributed by atoms with van der Waals surface area (Å²) in [5.74, 6) is 0.723. The second-order valence-electron chi connectivity index (χ2n) is 3.03. The summed E-state index contributed by atoms with van der Waals surface area (Å²) in [6.07, 6.45) is 1.52. The first kappa shape index (κ1) is 10.9. The van der Waals surface area contributed by atoms with E-state index in [2.05, 4.69) is 5.10 Å². The average molecular weight is 237 g/mol. The largest absolute Gasteiger partial charge is 0.454 e. The Labute approximate surface area is 95.0 Å². The molecule has 0 atom stereocenters. The standard InChI is InChI=1S/C9H7N3O5/c13-4-11-10-3-6-1-8-9(17-5-16-8)2-7(6)12(14)15/h1-4H,5H2,(H,11,13). The molecule has 1 N–H and O–H groups in total. The van der Waals surface area contributed by atoms with Crippen molar-refractivity contribution in [2.45, 2.75) is 0 Å². The number of hydrogen-bond acceptors (Lipinski definition) is 6. The van der Waals surface area contributed by atoms with Gasteiger partial charge in [0.15, 0.2) is 11.5 Å². The summed E-state index contributed by atoms with van der Waals surface area (Å²) in [5.41, 5.74) is 2.07. The van der Waals surface area contributed by atoms with Crippen LogP contribution in [0, 0.1) is 10.1 Å². The van der Waals surface area contributed by atoms with Crippen LogP contribution in [-0.2, 0) is 4.79 Å². The van der Waals surface area contributed by atoms with Gasteiger partial charge in [0, 0.05) is 0 Å². The molecule has 17 heavy (non-hydrogen) atoms. The minimum absolute atomic E-state index is 0.0275. The number of nitro benzene ring substituents is 1. The van der Waals surface area contributed by atoms with Gasteiger partial charge in [0.25, 0.3) is 5.69 Å². The van der Waals surface area contributed by atoms with Crippen LogP contribution in [0.25, 0.3) is 0 Å². The fourth-order valence-corrected chi connectivity index (χ4v) is 1.35. The topological polar surface area (TPSA) is 103 Å². The number of benzene rings is 1. The van der Waals surface area contributed by atoms with Gasteiger partial charge in [-0.2, -0.15) is 5.10 Å². The van der Waals surface area contributed by atoms with E-state index in [4.69, 9.17) is 9.47 Å². The van der Waals surface area contributed by atoms with E-state index in [0.29, 0.717) is 17.9 Å². The lowest BCUT2D eigenvalue weighted by Crippen LogP contribution is -2.02. The number of hydrazone groups is 1. The van der Waals surface area contributed by atoms with Crippen LogP contribution in [0.3, 0.4) is 0 Å². The number of nitro groups is 1. The Kier molecular flexibility index (Phi) is 2.86. The molecule has 1 heterocycles. The predicted molar refractivity (Wildman–Crippen MR) is 56.0 cm³/mol. The molecule has 88 valence electrons. The van der Waals surface area contributed by atoms with Crippen LogP contribution in [0.1, 0.15) is 5.56 Å². The lowest BCUT2D eigenvalue weighted by atomic mass is 10.1. The average Bonchev–Trinajstić information content (AvgIpc) is 2.75. The van der Waals surface area contributed by atoms with E-state index < -0.39 is 4.92 Å². The van der Waals surface area contributed by atoms with Crippen molar-refractivity contribution in [2.24, 2.45) is 5.10 Å². The van der Waals surface area contributed by atoms with E-state index in [-0.39, 0.29) is 18.0 Å². The molecule has 1 aliphatic heterocycles. The summed E-state index contributed by atoms with van der Waals surface area (Å²) < 4.78 is 10.1. The zero-order chi connectivity index (χ0) is 12.3. The van der Waals surface area contributed by atoms with Gasteiger partial charge in [-0.3, -0.25) is 14.9 Å². The molecule has 1 aromatic rings. The van der Waals surface area contributed by atoms with Crippen LogP contribution in [0.4, 0.5) is 5.69 Å². The quantitative estimate of drug-likeness (QED) is 0.353. The predicted octanol–water partition coefficient (Wildman–Crippen LogP) is 0.403. The van der Waals surface area contributed by atoms with Crippen molar-refractivity contribution in [2.75, 3.05) is 6.79 Å². The number of nitrogens with zero attached hydrogens (tertiary/aromatic N) is 2. The molecule has 0 bridgehead atoms. The van der Waals surface area contributed by atoms with Gasteiger partial charge in [-0.25, -0.2) is 5.43 Å². The van der Waals surface area contributed by atoms with Crippen molar-refractivity contribution in [3.05, 3.63) is 27.8 Å². The molecule has 1 amide bonds. The van der Waals surface area contributed by atoms with E-state index in [9.17, 15) is 14.9 Å². The maximum Gasteiger partial charge on any atom is 0.282 e. The van der Waals surface area contributed by atoms with Crippen LogP contribution >= 0.6 is 0 Å². The van der Waals surface area contributed by atoms with Crippen LogP contribution < -0.4 is 14.9 Å². The number of hydrogen-bond donors (Lipinski definition) is 1. The third-order valence-electron chi connectivity index (χ3n) is 2.05. The van der Waals surface area contributed by atoms with E-state index in [1.54, 1.807) is 0 Å². The number of carbonyl (C=O) groups excluding carboxylic acids is 1. The van der Waals surface area contributed by atoms with Crippen molar-refractivity contribution in [3.63, 3.8) is 0 Å². The highest BCUT2D eigenvalue weighted by atomic mass is 16.7. The molecule has 8 heteroatoms. The zero-order valence-electron chi connectivity index (χ0n) is 8.45. The number of fused-ring (bicyclic) bond motifs is 1. The molecule has 0 fully saturated rings. The molecule has 0 saturated heterocycles. The summed E-state index contributed by atoms with van der Waals surface area (Å²) in [4.78, 5) is 20.2. The first-order chi connectivity index (χ1) is 8.22. The molecule has 8 nitrogen and oxygen atoms in total. The second kappa shape index (κ2) is 4.47. The molecule has 0 spiro atoms. The molecule has 2 rings (SSSR count). The molecule has 0 aliphatic carbocycles. The van der Waals surface area contributed by atoms with Gasteiger partial charge in [0.1, 0.15) is 0 Å². The first-order valence-corrected chi connectivity index (χ1v) is 4.52. The smallest absolute Gasteiger partial charge is 0.282 e. The van der Waals surface area contributed by atoms with Crippen LogP contribution in [0.2, 0.25) is 0 Å². The van der Waals surface area contributed by atoms with E-state index in [0.717, 1.165) is 6.21 Å². The zero-order valence-corrected chi connectivity index (χ0v) is 8.45. The van der Waals surface area contributed by atoms with Crippen molar-refractivity contribution in [3.8, 4) is 11.5 Å². The van der Waals surface area contributed by atoms with Crippen molar-refractivity contribution >= 4 is 18.3 Å². The maximum absolute atomic E-state index is 10.8. The summed E-state index contributed by atoms with van der Waals surface area (Å²) in [5, 5.41) is 14.3. The Bertz CT molecular complexity index is 500. The molecular formula is C9H7N3O5. The van der Waals surface area contributed by atoms with Gasteiger partial charge in [-0.05, 0) is 6.07 Å². The second-order valence-corrected chi connectivity index (χ2v) is 3.03. The number of nitrogens with one attached hydrogen (secondary N) is 1. The molecule has 0 saturated carbocycles. The molecule has 0 unspecified atom stereocenters. The SMILES string of the molecule is O=CNN=Cc1cc2c(cc1[N+](=O)[O-])OCO2. The minimum Gasteiger partial charge on any atom is -0.454 e. The van der Waals surface area contributed by atoms with Crippen molar-refractivity contribution in [1.29, 1.82) is 0 Å². The summed E-state index contributed by atoms with van der Waals surface area (Å²) in [7, 11) is 0. The van der Waals surface area contributed by atoms with Gasteiger partial charge in [0.2, 0.25) is 13.2 Å². The van der Waals surface area contributed by atoms with E-state index in [1.807, 2.05) is 5.43 Å². The van der Waals surface area contributed by atoms with Gasteiger partial charge >= 0.3 is 0 Å². The number of rotatable bonds is 4. The monoisotopic (exact) mass is 237 g/mol. The highest BCUT2D eigenvalue weighted by Crippen LogP contribution is 2.37. The summed E-state index contributed by atoms with van der Waals surface area (Å²) >= 11 is 0.